The highest BCUT2D eigenvalue weighted by Crippen LogP contribution is 2.26. The molecule has 0 saturated carbocycles. The van der Waals surface area contributed by atoms with Crippen LogP contribution in [0.1, 0.15) is 24.4 Å². The van der Waals surface area contributed by atoms with Crippen LogP contribution in [0.3, 0.4) is 0 Å². The average Bonchev–Trinajstić information content (AvgIpc) is 3.32. The first kappa shape index (κ1) is 22.0. The molecular formula is C21H23ClN4O3S2. The number of fused-ring (bicyclic) bond motifs is 1. The number of aromatic nitrogens is 2. The molecule has 3 aromatic rings. The number of carbonyl (C=O) groups excluding carboxylic acids is 1. The van der Waals surface area contributed by atoms with Gasteiger partial charge >= 0.3 is 0 Å². The normalized spacial score (nSPS) is 18.6. The Morgan fingerprint density at radius 1 is 1.35 bits per heavy atom. The van der Waals surface area contributed by atoms with Gasteiger partial charge in [0.25, 0.3) is 0 Å². The Balaban J connectivity index is 1.53. The van der Waals surface area contributed by atoms with E-state index in [0.717, 1.165) is 26.9 Å². The summed E-state index contributed by atoms with van der Waals surface area (Å²) in [5.74, 6) is -0.119. The van der Waals surface area contributed by atoms with E-state index >= 15 is 0 Å². The van der Waals surface area contributed by atoms with Crippen LogP contribution in [0.25, 0.3) is 17.0 Å². The van der Waals surface area contributed by atoms with E-state index in [1.807, 2.05) is 26.0 Å². The molecule has 1 aliphatic heterocycles. The fourth-order valence-electron chi connectivity index (χ4n) is 3.73. The van der Waals surface area contributed by atoms with Crippen LogP contribution in [0, 0.1) is 5.92 Å². The van der Waals surface area contributed by atoms with Gasteiger partial charge in [-0.05, 0) is 36.3 Å². The molecule has 10 heteroatoms. The molecule has 0 spiro atoms. The average molecular weight is 479 g/mol. The first-order valence-corrected chi connectivity index (χ1v) is 12.6. The van der Waals surface area contributed by atoms with Crippen LogP contribution >= 0.6 is 22.9 Å². The van der Waals surface area contributed by atoms with Crippen molar-refractivity contribution in [1.82, 2.24) is 19.2 Å². The number of sulfonamides is 1. The fraction of sp³-hybridized carbons (Fsp3) is 0.333. The van der Waals surface area contributed by atoms with Crippen molar-refractivity contribution in [3.8, 4) is 0 Å². The Bertz CT molecular complexity index is 1200. The maximum absolute atomic E-state index is 13.0. The van der Waals surface area contributed by atoms with Gasteiger partial charge in [0.2, 0.25) is 15.9 Å². The maximum atomic E-state index is 13.0. The van der Waals surface area contributed by atoms with Crippen molar-refractivity contribution in [3.05, 3.63) is 57.0 Å². The zero-order valence-electron chi connectivity index (χ0n) is 17.2. The Morgan fingerprint density at radius 2 is 2.16 bits per heavy atom. The van der Waals surface area contributed by atoms with E-state index in [2.05, 4.69) is 9.97 Å². The van der Waals surface area contributed by atoms with Crippen LogP contribution in [0.2, 0.25) is 4.34 Å². The minimum absolute atomic E-state index is 0.0908. The lowest BCUT2D eigenvalue weighted by Crippen LogP contribution is -2.58. The van der Waals surface area contributed by atoms with Crippen molar-refractivity contribution < 1.29 is 13.2 Å². The van der Waals surface area contributed by atoms with Gasteiger partial charge in [-0.2, -0.15) is 4.31 Å². The van der Waals surface area contributed by atoms with Gasteiger partial charge in [0.1, 0.15) is 0 Å². The number of H-pyrrole nitrogens is 1. The summed E-state index contributed by atoms with van der Waals surface area (Å²) in [7, 11) is -3.74. The van der Waals surface area contributed by atoms with Crippen molar-refractivity contribution >= 4 is 55.8 Å². The number of hydrogen-bond acceptors (Lipinski definition) is 5. The van der Waals surface area contributed by atoms with E-state index in [9.17, 15) is 13.2 Å². The highest BCUT2D eigenvalue weighted by atomic mass is 35.5. The van der Waals surface area contributed by atoms with Crippen LogP contribution in [0.15, 0.2) is 42.1 Å². The van der Waals surface area contributed by atoms with Crippen LogP contribution in [-0.2, 0) is 21.4 Å². The largest absolute Gasteiger partial charge is 0.357 e. The lowest BCUT2D eigenvalue weighted by Gasteiger charge is -2.42. The zero-order chi connectivity index (χ0) is 22.2. The lowest BCUT2D eigenvalue weighted by molar-refractivity contribution is -0.139. The number of aromatic amines is 1. The topological polar surface area (TPSA) is 86.4 Å². The van der Waals surface area contributed by atoms with Crippen LogP contribution < -0.4 is 0 Å². The summed E-state index contributed by atoms with van der Waals surface area (Å²) in [6, 6.07) is 7.11. The number of halogens is 1. The Kier molecular flexibility index (Phi) is 6.20. The molecule has 31 heavy (non-hydrogen) atoms. The molecule has 4 heterocycles. The van der Waals surface area contributed by atoms with Gasteiger partial charge in [-0.3, -0.25) is 9.78 Å². The number of hydrogen-bond donors (Lipinski definition) is 1. The molecule has 164 valence electrons. The molecule has 1 saturated heterocycles. The third-order valence-corrected chi connectivity index (χ3v) is 8.04. The van der Waals surface area contributed by atoms with E-state index in [-0.39, 0.29) is 31.0 Å². The number of rotatable bonds is 6. The van der Waals surface area contributed by atoms with Crippen molar-refractivity contribution in [1.29, 1.82) is 0 Å². The van der Waals surface area contributed by atoms with Gasteiger partial charge in [0.15, 0.2) is 0 Å². The number of thiophene rings is 1. The second kappa shape index (κ2) is 8.74. The highest BCUT2D eigenvalue weighted by molar-refractivity contribution is 7.92. The summed E-state index contributed by atoms with van der Waals surface area (Å²) in [6.45, 7) is 4.47. The molecule has 0 unspecified atom stereocenters. The van der Waals surface area contributed by atoms with E-state index in [0.29, 0.717) is 10.9 Å². The molecule has 1 aliphatic rings. The summed E-state index contributed by atoms with van der Waals surface area (Å²) in [4.78, 5) is 23.0. The zero-order valence-corrected chi connectivity index (χ0v) is 19.5. The molecule has 7 nitrogen and oxygen atoms in total. The second-order valence-electron chi connectivity index (χ2n) is 7.87. The number of amides is 1. The summed E-state index contributed by atoms with van der Waals surface area (Å²) in [6.07, 6.45) is 5.01. The molecule has 3 aromatic heterocycles. The standard InChI is InChI=1S/C21H23ClN4O3S2/c1-14(2)19-12-25(31(28,29)8-6-17-3-4-20(22)30-17)13-21(27)26(19)11-16-9-15-10-23-7-5-18(15)24-16/h3-10,14,19,24H,11-13H2,1-2H3/t19-/m1/s1. The predicted octanol–water partition coefficient (Wildman–Crippen LogP) is 3.95. The Hall–Kier alpha value is -2.20. The van der Waals surface area contributed by atoms with Crippen LogP contribution in [0.4, 0.5) is 0 Å². The van der Waals surface area contributed by atoms with Gasteiger partial charge in [-0.1, -0.05) is 25.4 Å². The molecule has 1 N–H and O–H groups in total. The molecule has 0 aromatic carbocycles. The van der Waals surface area contributed by atoms with Gasteiger partial charge in [0.05, 0.1) is 17.4 Å². The van der Waals surface area contributed by atoms with E-state index in [1.54, 1.807) is 29.4 Å². The van der Waals surface area contributed by atoms with E-state index in [1.165, 1.54) is 21.7 Å². The maximum Gasteiger partial charge on any atom is 0.238 e. The quantitative estimate of drug-likeness (QED) is 0.581. The van der Waals surface area contributed by atoms with E-state index in [4.69, 9.17) is 11.6 Å². The molecule has 0 bridgehead atoms. The molecule has 1 fully saturated rings. The molecule has 0 radical (unpaired) electrons. The second-order valence-corrected chi connectivity index (χ2v) is 11.4. The fourth-order valence-corrected chi connectivity index (χ4v) is 5.92. The summed E-state index contributed by atoms with van der Waals surface area (Å²) < 4.78 is 27.6. The van der Waals surface area contributed by atoms with Crippen molar-refractivity contribution in [2.24, 2.45) is 5.92 Å². The molecule has 1 amide bonds. The predicted molar refractivity (Wildman–Crippen MR) is 124 cm³/mol. The minimum Gasteiger partial charge on any atom is -0.357 e. The smallest absolute Gasteiger partial charge is 0.238 e. The summed E-state index contributed by atoms with van der Waals surface area (Å²) >= 11 is 7.21. The van der Waals surface area contributed by atoms with Gasteiger partial charge in [-0.15, -0.1) is 11.3 Å². The SMILES string of the molecule is CC(C)[C@H]1CN(S(=O)(=O)C=Cc2ccc(Cl)s2)CC(=O)N1Cc1cc2cnccc2[nH]1. The Labute approximate surface area is 190 Å². The van der Waals surface area contributed by atoms with Gasteiger partial charge < -0.3 is 9.88 Å². The third-order valence-electron chi connectivity index (χ3n) is 5.37. The number of piperazine rings is 1. The molecule has 1 atom stereocenters. The first-order chi connectivity index (χ1) is 14.7. The Morgan fingerprint density at radius 3 is 2.84 bits per heavy atom. The number of carbonyl (C=O) groups is 1. The summed E-state index contributed by atoms with van der Waals surface area (Å²) in [5, 5.41) is 2.13. The van der Waals surface area contributed by atoms with Crippen molar-refractivity contribution in [3.63, 3.8) is 0 Å². The molecule has 4 rings (SSSR count). The van der Waals surface area contributed by atoms with E-state index < -0.39 is 10.0 Å². The molecular weight excluding hydrogens is 456 g/mol. The number of nitrogens with one attached hydrogen (secondary N) is 1. The number of nitrogens with zero attached hydrogens (tertiary/aromatic N) is 3. The molecule has 0 aliphatic carbocycles. The van der Waals surface area contributed by atoms with Gasteiger partial charge in [0, 0.05) is 51.9 Å². The monoisotopic (exact) mass is 478 g/mol. The number of pyridine rings is 1. The van der Waals surface area contributed by atoms with Crippen LogP contribution in [-0.4, -0.2) is 52.6 Å². The lowest BCUT2D eigenvalue weighted by atomic mass is 10.00. The first-order valence-electron chi connectivity index (χ1n) is 9.87. The van der Waals surface area contributed by atoms with Crippen LogP contribution in [0.5, 0.6) is 0 Å². The van der Waals surface area contributed by atoms with Crippen molar-refractivity contribution in [2.45, 2.75) is 26.4 Å². The van der Waals surface area contributed by atoms with Gasteiger partial charge in [-0.25, -0.2) is 8.42 Å². The minimum atomic E-state index is -3.74. The van der Waals surface area contributed by atoms with Crippen molar-refractivity contribution in [2.75, 3.05) is 13.1 Å². The third kappa shape index (κ3) is 4.85. The summed E-state index contributed by atoms with van der Waals surface area (Å²) in [5.41, 5.74) is 1.85. The highest BCUT2D eigenvalue weighted by Gasteiger charge is 2.38.